The Kier molecular flexibility index (Phi) is 6.81. The average Bonchev–Trinajstić information content (AvgIpc) is 2.03. The van der Waals surface area contributed by atoms with E-state index in [4.69, 9.17) is 0 Å². The van der Waals surface area contributed by atoms with E-state index in [1.807, 2.05) is 13.0 Å². The lowest BCUT2D eigenvalue weighted by atomic mass is 10.1. The van der Waals surface area contributed by atoms with Crippen LogP contribution in [0.4, 0.5) is 0 Å². The van der Waals surface area contributed by atoms with Gasteiger partial charge in [-0.15, -0.1) is 0 Å². The molecule has 0 aromatic heterocycles. The van der Waals surface area contributed by atoms with Gasteiger partial charge >= 0.3 is 0 Å². The van der Waals surface area contributed by atoms with Crippen LogP contribution in [-0.2, 0) is 0 Å². The van der Waals surface area contributed by atoms with Crippen LogP contribution < -0.4 is 0 Å². The molecule has 0 heteroatoms. The van der Waals surface area contributed by atoms with Gasteiger partial charge in [0.2, 0.25) is 0 Å². The second kappa shape index (κ2) is 7.33. The molecule has 0 saturated carbocycles. The van der Waals surface area contributed by atoms with E-state index < -0.39 is 0 Å². The standard InChI is InChI=1S/C11H18/c1-4-7-8-10-11(6-3)9-5-2/h4,6-8,10H,5,9H2,1-3H3/b7-4-,10-8-,11-6-. The molecule has 0 bridgehead atoms. The van der Waals surface area contributed by atoms with Crippen LogP contribution in [0.2, 0.25) is 0 Å². The quantitative estimate of drug-likeness (QED) is 0.534. The van der Waals surface area contributed by atoms with Gasteiger partial charge in [0.25, 0.3) is 0 Å². The molecule has 0 unspecified atom stereocenters. The van der Waals surface area contributed by atoms with Gasteiger partial charge in [0.1, 0.15) is 0 Å². The van der Waals surface area contributed by atoms with Crippen molar-refractivity contribution in [2.24, 2.45) is 0 Å². The lowest BCUT2D eigenvalue weighted by Gasteiger charge is -1.95. The lowest BCUT2D eigenvalue weighted by Crippen LogP contribution is -1.74. The fraction of sp³-hybridized carbons (Fsp3) is 0.455. The number of hydrogen-bond donors (Lipinski definition) is 0. The summed E-state index contributed by atoms with van der Waals surface area (Å²) in [7, 11) is 0. The van der Waals surface area contributed by atoms with Crippen molar-refractivity contribution in [1.29, 1.82) is 0 Å². The predicted octanol–water partition coefficient (Wildman–Crippen LogP) is 3.87. The first-order valence-corrected chi connectivity index (χ1v) is 4.29. The Balaban J connectivity index is 3.88. The van der Waals surface area contributed by atoms with E-state index in [9.17, 15) is 0 Å². The first-order valence-electron chi connectivity index (χ1n) is 4.29. The summed E-state index contributed by atoms with van der Waals surface area (Å²) < 4.78 is 0. The van der Waals surface area contributed by atoms with E-state index in [1.165, 1.54) is 18.4 Å². The predicted molar refractivity (Wildman–Crippen MR) is 52.6 cm³/mol. The fourth-order valence-electron chi connectivity index (χ4n) is 0.903. The molecule has 62 valence electrons. The van der Waals surface area contributed by atoms with Crippen LogP contribution >= 0.6 is 0 Å². The molecule has 0 spiro atoms. The number of allylic oxidation sites excluding steroid dienone is 6. The molecule has 0 N–H and O–H groups in total. The van der Waals surface area contributed by atoms with Crippen molar-refractivity contribution in [1.82, 2.24) is 0 Å². The minimum Gasteiger partial charge on any atom is -0.0877 e. The molecule has 0 aromatic carbocycles. The van der Waals surface area contributed by atoms with Gasteiger partial charge < -0.3 is 0 Å². The SMILES string of the molecule is C\C=C/C=C\C(=C/C)CCC. The molecule has 0 heterocycles. The molecule has 0 saturated heterocycles. The van der Waals surface area contributed by atoms with E-state index in [2.05, 4.69) is 38.2 Å². The molecule has 0 fully saturated rings. The molecule has 0 amide bonds. The smallest absolute Gasteiger partial charge is 0.0285 e. The number of hydrogen-bond acceptors (Lipinski definition) is 0. The Morgan fingerprint density at radius 2 is 1.91 bits per heavy atom. The fourth-order valence-corrected chi connectivity index (χ4v) is 0.903. The molecule has 11 heavy (non-hydrogen) atoms. The Morgan fingerprint density at radius 3 is 2.36 bits per heavy atom. The summed E-state index contributed by atoms with van der Waals surface area (Å²) in [6.07, 6.45) is 12.9. The lowest BCUT2D eigenvalue weighted by molar-refractivity contribution is 0.924. The van der Waals surface area contributed by atoms with Crippen LogP contribution in [-0.4, -0.2) is 0 Å². The third-order valence-electron chi connectivity index (χ3n) is 1.52. The van der Waals surface area contributed by atoms with Crippen molar-refractivity contribution in [3.63, 3.8) is 0 Å². The molecule has 0 radical (unpaired) electrons. The highest BCUT2D eigenvalue weighted by atomic mass is 13.9. The summed E-state index contributed by atoms with van der Waals surface area (Å²) in [6.45, 7) is 6.32. The molecular formula is C11H18. The second-order valence-electron chi connectivity index (χ2n) is 2.50. The van der Waals surface area contributed by atoms with Crippen LogP contribution in [0.25, 0.3) is 0 Å². The first kappa shape index (κ1) is 10.2. The highest BCUT2D eigenvalue weighted by Crippen LogP contribution is 2.05. The van der Waals surface area contributed by atoms with E-state index >= 15 is 0 Å². The minimum absolute atomic E-state index is 1.19. The maximum atomic E-state index is 2.20. The second-order valence-corrected chi connectivity index (χ2v) is 2.50. The highest BCUT2D eigenvalue weighted by molar-refractivity contribution is 5.21. The van der Waals surface area contributed by atoms with Gasteiger partial charge in [-0.25, -0.2) is 0 Å². The van der Waals surface area contributed by atoms with Crippen LogP contribution in [0.3, 0.4) is 0 Å². The van der Waals surface area contributed by atoms with Crippen molar-refractivity contribution in [3.05, 3.63) is 36.0 Å². The van der Waals surface area contributed by atoms with Crippen molar-refractivity contribution < 1.29 is 0 Å². The van der Waals surface area contributed by atoms with Gasteiger partial charge in [-0.3, -0.25) is 0 Å². The molecular weight excluding hydrogens is 132 g/mol. The zero-order valence-electron chi connectivity index (χ0n) is 7.80. The van der Waals surface area contributed by atoms with Crippen molar-refractivity contribution in [2.45, 2.75) is 33.6 Å². The summed E-state index contributed by atoms with van der Waals surface area (Å²) in [5.74, 6) is 0. The Morgan fingerprint density at radius 1 is 1.18 bits per heavy atom. The van der Waals surface area contributed by atoms with E-state index in [0.717, 1.165) is 0 Å². The van der Waals surface area contributed by atoms with Gasteiger partial charge in [0.05, 0.1) is 0 Å². The van der Waals surface area contributed by atoms with Crippen LogP contribution in [0.5, 0.6) is 0 Å². The van der Waals surface area contributed by atoms with E-state index in [0.29, 0.717) is 0 Å². The normalized spacial score (nSPS) is 13.5. The van der Waals surface area contributed by atoms with Gasteiger partial charge in [-0.2, -0.15) is 0 Å². The maximum Gasteiger partial charge on any atom is -0.0285 e. The third kappa shape index (κ3) is 5.65. The molecule has 0 rings (SSSR count). The van der Waals surface area contributed by atoms with E-state index in [-0.39, 0.29) is 0 Å². The maximum absolute atomic E-state index is 2.20. The molecule has 0 aliphatic carbocycles. The van der Waals surface area contributed by atoms with Crippen LogP contribution in [0.1, 0.15) is 33.6 Å². The molecule has 0 aliphatic rings. The summed E-state index contributed by atoms with van der Waals surface area (Å²) in [5, 5.41) is 0. The molecule has 0 atom stereocenters. The Bertz CT molecular complexity index is 159. The highest BCUT2D eigenvalue weighted by Gasteiger charge is 1.85. The average molecular weight is 150 g/mol. The van der Waals surface area contributed by atoms with Crippen molar-refractivity contribution in [3.8, 4) is 0 Å². The number of rotatable bonds is 4. The molecule has 0 nitrogen and oxygen atoms in total. The third-order valence-corrected chi connectivity index (χ3v) is 1.52. The van der Waals surface area contributed by atoms with Crippen LogP contribution in [0.15, 0.2) is 36.0 Å². The van der Waals surface area contributed by atoms with Gasteiger partial charge in [-0.1, -0.05) is 49.3 Å². The topological polar surface area (TPSA) is 0 Å². The van der Waals surface area contributed by atoms with Gasteiger partial charge in [0, 0.05) is 0 Å². The van der Waals surface area contributed by atoms with Gasteiger partial charge in [0.15, 0.2) is 0 Å². The molecule has 0 aromatic rings. The van der Waals surface area contributed by atoms with Gasteiger partial charge in [-0.05, 0) is 20.3 Å². The van der Waals surface area contributed by atoms with Crippen LogP contribution in [0, 0.1) is 0 Å². The first-order chi connectivity index (χ1) is 5.35. The monoisotopic (exact) mass is 150 g/mol. The Hall–Kier alpha value is -0.780. The van der Waals surface area contributed by atoms with Crippen molar-refractivity contribution in [2.75, 3.05) is 0 Å². The summed E-state index contributed by atoms with van der Waals surface area (Å²) in [5.41, 5.74) is 1.42. The summed E-state index contributed by atoms with van der Waals surface area (Å²) >= 11 is 0. The summed E-state index contributed by atoms with van der Waals surface area (Å²) in [6, 6.07) is 0. The largest absolute Gasteiger partial charge is 0.0877 e. The zero-order chi connectivity index (χ0) is 8.53. The van der Waals surface area contributed by atoms with E-state index in [1.54, 1.807) is 0 Å². The zero-order valence-corrected chi connectivity index (χ0v) is 7.80. The van der Waals surface area contributed by atoms with Crippen molar-refractivity contribution >= 4 is 0 Å². The summed E-state index contributed by atoms with van der Waals surface area (Å²) in [4.78, 5) is 0. The molecule has 0 aliphatic heterocycles. The minimum atomic E-state index is 1.19. The Labute approximate surface area is 70.3 Å².